The van der Waals surface area contributed by atoms with Gasteiger partial charge >= 0.3 is 5.97 Å². The fourth-order valence-corrected chi connectivity index (χ4v) is 4.09. The van der Waals surface area contributed by atoms with Crippen molar-refractivity contribution in [3.8, 4) is 5.75 Å². The van der Waals surface area contributed by atoms with Crippen molar-refractivity contribution >= 4 is 23.5 Å². The molecule has 2 atom stereocenters. The van der Waals surface area contributed by atoms with Crippen molar-refractivity contribution in [3.63, 3.8) is 0 Å². The predicted molar refractivity (Wildman–Crippen MR) is 122 cm³/mol. The molecule has 2 aromatic rings. The van der Waals surface area contributed by atoms with Gasteiger partial charge in [-0.3, -0.25) is 14.9 Å². The molecule has 0 aliphatic carbocycles. The average molecular weight is 437 g/mol. The molecule has 2 aliphatic rings. The Balaban J connectivity index is 1.51. The summed E-state index contributed by atoms with van der Waals surface area (Å²) in [5.41, 5.74) is 1.94. The maximum atomic E-state index is 13.0. The van der Waals surface area contributed by atoms with Gasteiger partial charge in [-0.2, -0.15) is 0 Å². The van der Waals surface area contributed by atoms with Crippen LogP contribution in [-0.4, -0.2) is 62.6 Å². The van der Waals surface area contributed by atoms with Gasteiger partial charge in [-0.15, -0.1) is 0 Å². The highest BCUT2D eigenvalue weighted by Gasteiger charge is 2.42. The predicted octanol–water partition coefficient (Wildman–Crippen LogP) is 2.22. The number of hydrogen-bond donors (Lipinski definition) is 1. The highest BCUT2D eigenvalue weighted by molar-refractivity contribution is 6.08. The standard InChI is InChI=1S/C24H28N4O4/c1-3-32-23(30)20-21(17-7-5-4-6-8-17)25-24(26-22(20)29)28-15-13-27(14-16-28)18-9-11-19(31-2)12-10-18/h4-12,20-21H,3,13-16H2,1-2H3,(H,25,26,29). The van der Waals surface area contributed by atoms with Crippen LogP contribution in [0.2, 0.25) is 0 Å². The van der Waals surface area contributed by atoms with Gasteiger partial charge in [0.2, 0.25) is 11.9 Å². The first-order valence-electron chi connectivity index (χ1n) is 10.8. The van der Waals surface area contributed by atoms with E-state index < -0.39 is 17.9 Å². The smallest absolute Gasteiger partial charge is 0.321 e. The molecule has 1 amide bonds. The van der Waals surface area contributed by atoms with Crippen LogP contribution in [0.4, 0.5) is 5.69 Å². The lowest BCUT2D eigenvalue weighted by atomic mass is 9.91. The van der Waals surface area contributed by atoms with Crippen molar-refractivity contribution in [2.24, 2.45) is 10.9 Å². The Labute approximate surface area is 187 Å². The molecule has 32 heavy (non-hydrogen) atoms. The highest BCUT2D eigenvalue weighted by atomic mass is 16.5. The summed E-state index contributed by atoms with van der Waals surface area (Å²) in [6.45, 7) is 4.94. The Morgan fingerprint density at radius 1 is 1.03 bits per heavy atom. The first-order valence-corrected chi connectivity index (χ1v) is 10.8. The van der Waals surface area contributed by atoms with E-state index in [0.717, 1.165) is 30.1 Å². The number of ether oxygens (including phenoxy) is 2. The van der Waals surface area contributed by atoms with Crippen LogP contribution in [0.25, 0.3) is 0 Å². The summed E-state index contributed by atoms with van der Waals surface area (Å²) >= 11 is 0. The lowest BCUT2D eigenvalue weighted by molar-refractivity contribution is -0.153. The molecule has 0 bridgehead atoms. The molecule has 168 valence electrons. The van der Waals surface area contributed by atoms with Gasteiger partial charge in [-0.05, 0) is 36.8 Å². The number of benzene rings is 2. The molecule has 0 saturated carbocycles. The van der Waals surface area contributed by atoms with Gasteiger partial charge < -0.3 is 19.3 Å². The third-order valence-corrected chi connectivity index (χ3v) is 5.79. The monoisotopic (exact) mass is 436 g/mol. The number of hydrogen-bond acceptors (Lipinski definition) is 7. The lowest BCUT2D eigenvalue weighted by Crippen LogP contribution is -2.57. The van der Waals surface area contributed by atoms with E-state index in [9.17, 15) is 9.59 Å². The Bertz CT molecular complexity index is 969. The second kappa shape index (κ2) is 9.72. The molecule has 1 saturated heterocycles. The number of amides is 1. The number of methoxy groups -OCH3 is 1. The van der Waals surface area contributed by atoms with E-state index in [1.807, 2.05) is 54.6 Å². The maximum absolute atomic E-state index is 13.0. The SMILES string of the molecule is CCOC(=O)C1C(=O)NC(N2CCN(c3ccc(OC)cc3)CC2)=NC1c1ccccc1. The van der Waals surface area contributed by atoms with Crippen LogP contribution in [0.5, 0.6) is 5.75 Å². The first kappa shape index (κ1) is 21.7. The molecule has 2 aliphatic heterocycles. The molecule has 8 nitrogen and oxygen atoms in total. The molecular weight excluding hydrogens is 408 g/mol. The summed E-state index contributed by atoms with van der Waals surface area (Å²) in [7, 11) is 1.65. The number of carbonyl (C=O) groups excluding carboxylic acids is 2. The number of piperazine rings is 1. The number of aliphatic imine (C=N–C) groups is 1. The second-order valence-corrected chi connectivity index (χ2v) is 7.70. The zero-order chi connectivity index (χ0) is 22.5. The largest absolute Gasteiger partial charge is 0.497 e. The molecule has 8 heteroatoms. The molecule has 2 heterocycles. The number of nitrogens with zero attached hydrogens (tertiary/aromatic N) is 3. The van der Waals surface area contributed by atoms with E-state index in [1.54, 1.807) is 14.0 Å². The van der Waals surface area contributed by atoms with Gasteiger partial charge in [0.15, 0.2) is 5.92 Å². The molecule has 0 aromatic heterocycles. The summed E-state index contributed by atoms with van der Waals surface area (Å²) in [6, 6.07) is 16.8. The maximum Gasteiger partial charge on any atom is 0.321 e. The minimum atomic E-state index is -0.998. The molecular formula is C24H28N4O4. The van der Waals surface area contributed by atoms with Crippen LogP contribution in [0.1, 0.15) is 18.5 Å². The van der Waals surface area contributed by atoms with E-state index in [4.69, 9.17) is 14.5 Å². The third-order valence-electron chi connectivity index (χ3n) is 5.79. The van der Waals surface area contributed by atoms with Crippen molar-refractivity contribution in [2.45, 2.75) is 13.0 Å². The van der Waals surface area contributed by atoms with Crippen LogP contribution >= 0.6 is 0 Å². The summed E-state index contributed by atoms with van der Waals surface area (Å²) in [4.78, 5) is 34.7. The zero-order valence-corrected chi connectivity index (χ0v) is 18.4. The third kappa shape index (κ3) is 4.54. The molecule has 2 unspecified atom stereocenters. The summed E-state index contributed by atoms with van der Waals surface area (Å²) in [5.74, 6) is -0.582. The Hall–Kier alpha value is -3.55. The molecule has 0 spiro atoms. The number of esters is 1. The Morgan fingerprint density at radius 2 is 1.69 bits per heavy atom. The van der Waals surface area contributed by atoms with E-state index >= 15 is 0 Å². The number of anilines is 1. The van der Waals surface area contributed by atoms with Crippen LogP contribution in [-0.2, 0) is 14.3 Å². The fraction of sp³-hybridized carbons (Fsp3) is 0.375. The van der Waals surface area contributed by atoms with Crippen molar-refractivity contribution in [1.82, 2.24) is 10.2 Å². The van der Waals surface area contributed by atoms with Gasteiger partial charge in [0.05, 0.1) is 13.7 Å². The molecule has 2 aromatic carbocycles. The summed E-state index contributed by atoms with van der Waals surface area (Å²) in [5, 5.41) is 2.85. The normalized spacial score (nSPS) is 20.9. The van der Waals surface area contributed by atoms with Crippen molar-refractivity contribution in [1.29, 1.82) is 0 Å². The summed E-state index contributed by atoms with van der Waals surface area (Å²) in [6.07, 6.45) is 0. The van der Waals surface area contributed by atoms with Crippen LogP contribution in [0.3, 0.4) is 0 Å². The van der Waals surface area contributed by atoms with Crippen LogP contribution < -0.4 is 15.0 Å². The van der Waals surface area contributed by atoms with Gasteiger partial charge in [0, 0.05) is 31.9 Å². The van der Waals surface area contributed by atoms with Gasteiger partial charge in [-0.1, -0.05) is 30.3 Å². The van der Waals surface area contributed by atoms with Crippen molar-refractivity contribution in [2.75, 3.05) is 44.8 Å². The first-order chi connectivity index (χ1) is 15.6. The van der Waals surface area contributed by atoms with Crippen molar-refractivity contribution < 1.29 is 19.1 Å². The van der Waals surface area contributed by atoms with E-state index in [-0.39, 0.29) is 12.5 Å². The van der Waals surface area contributed by atoms with Gasteiger partial charge in [0.1, 0.15) is 11.8 Å². The lowest BCUT2D eigenvalue weighted by Gasteiger charge is -2.39. The van der Waals surface area contributed by atoms with Gasteiger partial charge in [0.25, 0.3) is 0 Å². The molecule has 4 rings (SSSR count). The quantitative estimate of drug-likeness (QED) is 0.572. The minimum Gasteiger partial charge on any atom is -0.497 e. The number of nitrogens with one attached hydrogen (secondary N) is 1. The Kier molecular flexibility index (Phi) is 6.58. The van der Waals surface area contributed by atoms with E-state index in [1.165, 1.54) is 0 Å². The highest BCUT2D eigenvalue weighted by Crippen LogP contribution is 2.31. The summed E-state index contributed by atoms with van der Waals surface area (Å²) < 4.78 is 10.4. The van der Waals surface area contributed by atoms with E-state index in [2.05, 4.69) is 15.1 Å². The zero-order valence-electron chi connectivity index (χ0n) is 18.4. The number of carbonyl (C=O) groups is 2. The van der Waals surface area contributed by atoms with Crippen LogP contribution in [0.15, 0.2) is 59.6 Å². The topological polar surface area (TPSA) is 83.5 Å². The average Bonchev–Trinajstić information content (AvgIpc) is 2.84. The molecule has 1 fully saturated rings. The Morgan fingerprint density at radius 3 is 2.31 bits per heavy atom. The van der Waals surface area contributed by atoms with Crippen molar-refractivity contribution in [3.05, 3.63) is 60.2 Å². The van der Waals surface area contributed by atoms with Gasteiger partial charge in [-0.25, -0.2) is 4.99 Å². The fourth-order valence-electron chi connectivity index (χ4n) is 4.09. The van der Waals surface area contributed by atoms with E-state index in [0.29, 0.717) is 19.0 Å². The number of rotatable bonds is 5. The second-order valence-electron chi connectivity index (χ2n) is 7.70. The molecule has 0 radical (unpaired) electrons. The minimum absolute atomic E-state index is 0.216. The molecule has 1 N–H and O–H groups in total. The number of guanidine groups is 1. The van der Waals surface area contributed by atoms with Crippen LogP contribution in [0, 0.1) is 5.92 Å².